The van der Waals surface area contributed by atoms with Crippen molar-refractivity contribution < 1.29 is 14.4 Å². The zero-order chi connectivity index (χ0) is 20.7. The van der Waals surface area contributed by atoms with E-state index in [9.17, 15) is 14.4 Å². The first-order valence-corrected chi connectivity index (χ1v) is 10.2. The van der Waals surface area contributed by atoms with Gasteiger partial charge < -0.3 is 15.5 Å². The first-order chi connectivity index (χ1) is 14.5. The molecule has 1 aromatic carbocycles. The van der Waals surface area contributed by atoms with E-state index in [1.807, 2.05) is 47.4 Å². The zero-order valence-electron chi connectivity index (χ0n) is 16.4. The van der Waals surface area contributed by atoms with Crippen molar-refractivity contribution in [3.63, 3.8) is 0 Å². The second kappa shape index (κ2) is 7.12. The van der Waals surface area contributed by atoms with E-state index in [0.717, 1.165) is 5.69 Å². The van der Waals surface area contributed by atoms with E-state index in [1.165, 1.54) is 0 Å². The Morgan fingerprint density at radius 1 is 1.07 bits per heavy atom. The maximum Gasteiger partial charge on any atom is 0.255 e. The van der Waals surface area contributed by atoms with Crippen LogP contribution in [0, 0.1) is 11.8 Å². The minimum absolute atomic E-state index is 0.0102. The lowest BCUT2D eigenvalue weighted by molar-refractivity contribution is -0.132. The SMILES string of the molecule is O=C1NC2(CCN(C(=O)CC3=NNC(=O)C4C=CC=CC34)CC2)Nc2ccccc21. The van der Waals surface area contributed by atoms with Gasteiger partial charge in [-0.05, 0) is 12.1 Å². The Morgan fingerprint density at radius 3 is 2.60 bits per heavy atom. The molecule has 4 aliphatic rings. The Balaban J connectivity index is 1.24. The van der Waals surface area contributed by atoms with Crippen molar-refractivity contribution in [3.05, 3.63) is 54.1 Å². The second-order valence-electron chi connectivity index (χ2n) is 8.16. The largest absolute Gasteiger partial charge is 0.362 e. The molecule has 8 heteroatoms. The average Bonchev–Trinajstić information content (AvgIpc) is 2.76. The van der Waals surface area contributed by atoms with E-state index in [-0.39, 0.29) is 36.0 Å². The van der Waals surface area contributed by atoms with E-state index in [0.29, 0.717) is 37.2 Å². The maximum absolute atomic E-state index is 12.9. The lowest BCUT2D eigenvalue weighted by Crippen LogP contribution is -2.62. The van der Waals surface area contributed by atoms with Gasteiger partial charge in [0.15, 0.2) is 0 Å². The van der Waals surface area contributed by atoms with Crippen LogP contribution in [-0.4, -0.2) is 47.1 Å². The summed E-state index contributed by atoms with van der Waals surface area (Å²) in [4.78, 5) is 39.3. The van der Waals surface area contributed by atoms with Gasteiger partial charge in [-0.25, -0.2) is 5.43 Å². The maximum atomic E-state index is 12.9. The van der Waals surface area contributed by atoms with E-state index < -0.39 is 5.66 Å². The number of carbonyl (C=O) groups is 3. The van der Waals surface area contributed by atoms with Crippen LogP contribution in [0.2, 0.25) is 0 Å². The molecule has 0 bridgehead atoms. The number of hydrogen-bond acceptors (Lipinski definition) is 5. The number of hydrazone groups is 1. The number of piperidine rings is 1. The smallest absolute Gasteiger partial charge is 0.255 e. The predicted molar refractivity (Wildman–Crippen MR) is 112 cm³/mol. The molecule has 2 unspecified atom stereocenters. The molecule has 1 aliphatic carbocycles. The number of likely N-dealkylation sites (tertiary alicyclic amines) is 1. The van der Waals surface area contributed by atoms with E-state index >= 15 is 0 Å². The van der Waals surface area contributed by atoms with Gasteiger partial charge in [-0.1, -0.05) is 36.4 Å². The van der Waals surface area contributed by atoms with Crippen molar-refractivity contribution in [1.29, 1.82) is 0 Å². The zero-order valence-corrected chi connectivity index (χ0v) is 16.4. The molecule has 0 radical (unpaired) electrons. The van der Waals surface area contributed by atoms with Crippen molar-refractivity contribution in [2.45, 2.75) is 24.9 Å². The number of nitrogens with one attached hydrogen (secondary N) is 3. The fourth-order valence-electron chi connectivity index (χ4n) is 4.63. The van der Waals surface area contributed by atoms with Gasteiger partial charge in [0.2, 0.25) is 11.8 Å². The number of fused-ring (bicyclic) bond motifs is 2. The second-order valence-corrected chi connectivity index (χ2v) is 8.16. The number of para-hydroxylation sites is 1. The predicted octanol–water partition coefficient (Wildman–Crippen LogP) is 1.39. The highest BCUT2D eigenvalue weighted by atomic mass is 16.2. The standard InChI is InChI=1S/C22H23N5O3/c28-19(13-18-14-5-1-2-6-15(14)21(30)26-25-18)27-11-9-22(10-12-27)23-17-8-4-3-7-16(17)20(29)24-22/h1-8,14-15,23H,9-13H2,(H,24,29)(H,26,30). The monoisotopic (exact) mass is 405 g/mol. The third-order valence-corrected chi connectivity index (χ3v) is 6.33. The Morgan fingerprint density at radius 2 is 1.80 bits per heavy atom. The van der Waals surface area contributed by atoms with Crippen LogP contribution in [0.1, 0.15) is 29.6 Å². The number of rotatable bonds is 2. The summed E-state index contributed by atoms with van der Waals surface area (Å²) < 4.78 is 0. The van der Waals surface area contributed by atoms with Crippen LogP contribution >= 0.6 is 0 Å². The quantitative estimate of drug-likeness (QED) is 0.692. The molecule has 154 valence electrons. The highest BCUT2D eigenvalue weighted by Crippen LogP contribution is 2.32. The number of anilines is 1. The highest BCUT2D eigenvalue weighted by Gasteiger charge is 2.41. The Labute approximate surface area is 174 Å². The lowest BCUT2D eigenvalue weighted by atomic mass is 9.82. The Hall–Kier alpha value is -3.42. The van der Waals surface area contributed by atoms with E-state index in [4.69, 9.17) is 0 Å². The topological polar surface area (TPSA) is 103 Å². The van der Waals surface area contributed by atoms with Crippen molar-refractivity contribution in [3.8, 4) is 0 Å². The summed E-state index contributed by atoms with van der Waals surface area (Å²) >= 11 is 0. The van der Waals surface area contributed by atoms with Crippen molar-refractivity contribution in [1.82, 2.24) is 15.6 Å². The summed E-state index contributed by atoms with van der Waals surface area (Å²) in [6, 6.07) is 7.46. The number of hydrogen-bond donors (Lipinski definition) is 3. The fourth-order valence-corrected chi connectivity index (χ4v) is 4.63. The number of amides is 3. The van der Waals surface area contributed by atoms with Gasteiger partial charge in [0.25, 0.3) is 5.91 Å². The minimum Gasteiger partial charge on any atom is -0.362 e. The van der Waals surface area contributed by atoms with Crippen LogP contribution in [0.3, 0.4) is 0 Å². The molecule has 3 heterocycles. The summed E-state index contributed by atoms with van der Waals surface area (Å²) in [7, 11) is 0. The lowest BCUT2D eigenvalue weighted by Gasteiger charge is -2.46. The van der Waals surface area contributed by atoms with E-state index in [2.05, 4.69) is 21.2 Å². The fraction of sp³-hybridized carbons (Fsp3) is 0.364. The van der Waals surface area contributed by atoms with Crippen LogP contribution < -0.4 is 16.1 Å². The molecule has 3 N–H and O–H groups in total. The van der Waals surface area contributed by atoms with Gasteiger partial charge in [0.1, 0.15) is 5.66 Å². The molecule has 1 aromatic rings. The number of nitrogens with zero attached hydrogens (tertiary/aromatic N) is 2. The van der Waals surface area contributed by atoms with Crippen LogP contribution in [-0.2, 0) is 9.59 Å². The normalized spacial score (nSPS) is 26.1. The molecule has 2 atom stereocenters. The average molecular weight is 405 g/mol. The van der Waals surface area contributed by atoms with Gasteiger partial charge in [0.05, 0.1) is 23.6 Å². The number of allylic oxidation sites excluding steroid dienone is 3. The molecule has 0 aromatic heterocycles. The first kappa shape index (κ1) is 18.6. The molecular weight excluding hydrogens is 382 g/mol. The van der Waals surface area contributed by atoms with Crippen LogP contribution in [0.25, 0.3) is 0 Å². The minimum atomic E-state index is -0.527. The molecule has 30 heavy (non-hydrogen) atoms. The molecule has 3 aliphatic heterocycles. The van der Waals surface area contributed by atoms with Crippen LogP contribution in [0.4, 0.5) is 5.69 Å². The van der Waals surface area contributed by atoms with Gasteiger partial charge >= 0.3 is 0 Å². The van der Waals surface area contributed by atoms with Crippen molar-refractivity contribution in [2.24, 2.45) is 16.9 Å². The molecule has 1 saturated heterocycles. The van der Waals surface area contributed by atoms with Crippen molar-refractivity contribution >= 4 is 29.1 Å². The number of benzene rings is 1. The molecule has 8 nitrogen and oxygen atoms in total. The molecule has 0 saturated carbocycles. The van der Waals surface area contributed by atoms with Gasteiger partial charge in [-0.3, -0.25) is 14.4 Å². The van der Waals surface area contributed by atoms with E-state index in [1.54, 1.807) is 6.07 Å². The molecule has 1 spiro atoms. The number of carbonyl (C=O) groups excluding carboxylic acids is 3. The van der Waals surface area contributed by atoms with Crippen LogP contribution in [0.15, 0.2) is 53.7 Å². The summed E-state index contributed by atoms with van der Waals surface area (Å²) in [5.74, 6) is -0.707. The van der Waals surface area contributed by atoms with Gasteiger partial charge in [-0.2, -0.15) is 5.10 Å². The Kier molecular flexibility index (Phi) is 4.42. The van der Waals surface area contributed by atoms with Gasteiger partial charge in [0, 0.05) is 37.5 Å². The Bertz CT molecular complexity index is 1000. The third-order valence-electron chi connectivity index (χ3n) is 6.33. The molecule has 5 rings (SSSR count). The summed E-state index contributed by atoms with van der Waals surface area (Å²) in [6.45, 7) is 1.08. The molecule has 3 amide bonds. The summed E-state index contributed by atoms with van der Waals surface area (Å²) in [6.07, 6.45) is 8.93. The third kappa shape index (κ3) is 3.18. The summed E-state index contributed by atoms with van der Waals surface area (Å²) in [5.41, 5.74) is 4.16. The molecule has 1 fully saturated rings. The van der Waals surface area contributed by atoms with Gasteiger partial charge in [-0.15, -0.1) is 0 Å². The molecular formula is C22H23N5O3. The highest BCUT2D eigenvalue weighted by molar-refractivity contribution is 6.07. The first-order valence-electron chi connectivity index (χ1n) is 10.2. The van der Waals surface area contributed by atoms with Crippen molar-refractivity contribution in [2.75, 3.05) is 18.4 Å². The summed E-state index contributed by atoms with van der Waals surface area (Å²) in [5, 5.41) is 10.7. The van der Waals surface area contributed by atoms with Crippen LogP contribution in [0.5, 0.6) is 0 Å².